The third kappa shape index (κ3) is 5.98. The highest BCUT2D eigenvalue weighted by molar-refractivity contribution is 7.89. The summed E-state index contributed by atoms with van der Waals surface area (Å²) < 4.78 is 38.5. The molecule has 2 aromatic carbocycles. The van der Waals surface area contributed by atoms with Crippen molar-refractivity contribution in [1.29, 1.82) is 0 Å². The molecule has 0 aliphatic carbocycles. The molecule has 0 aromatic heterocycles. The van der Waals surface area contributed by atoms with Gasteiger partial charge in [-0.1, -0.05) is 12.5 Å². The summed E-state index contributed by atoms with van der Waals surface area (Å²) in [7, 11) is -3.69. The van der Waals surface area contributed by atoms with E-state index >= 15 is 0 Å². The number of sulfonamides is 1. The zero-order valence-electron chi connectivity index (χ0n) is 19.1. The van der Waals surface area contributed by atoms with Crippen molar-refractivity contribution >= 4 is 27.6 Å². The minimum atomic E-state index is -3.69. The van der Waals surface area contributed by atoms with Gasteiger partial charge >= 0.3 is 5.97 Å². The van der Waals surface area contributed by atoms with Crippen molar-refractivity contribution in [2.24, 2.45) is 5.10 Å². The van der Waals surface area contributed by atoms with E-state index < -0.39 is 21.9 Å². The standard InChI is InChI=1S/C24H27N3O7S/c28-23(29)10-8-20(17-7-9-21-22(16-17)34-14-13-33-21)25-26-24(30)18-5-4-6-19(15-18)35(31,32)27-11-2-1-3-12-27/h4-7,9,15-16H,1-3,8,10-14H2,(H,26,30)(H,28,29)/b25-20-. The summed E-state index contributed by atoms with van der Waals surface area (Å²) in [4.78, 5) is 24.0. The number of rotatable bonds is 8. The SMILES string of the molecule is O=C(O)CC/C(=N/NC(=O)c1cccc(S(=O)(=O)N2CCCCC2)c1)c1ccc2c(c1)OCCO2. The predicted molar refractivity (Wildman–Crippen MR) is 127 cm³/mol. The topological polar surface area (TPSA) is 135 Å². The van der Waals surface area contributed by atoms with Gasteiger partial charge in [0.2, 0.25) is 10.0 Å². The second-order valence-corrected chi connectivity index (χ2v) is 10.2. The van der Waals surface area contributed by atoms with E-state index in [2.05, 4.69) is 10.5 Å². The number of carboxylic acids is 1. The summed E-state index contributed by atoms with van der Waals surface area (Å²) in [5.74, 6) is -0.518. The average Bonchev–Trinajstić information content (AvgIpc) is 2.88. The number of amides is 1. The third-order valence-corrected chi connectivity index (χ3v) is 7.69. The molecule has 10 nitrogen and oxygen atoms in total. The molecule has 2 heterocycles. The second-order valence-electron chi connectivity index (χ2n) is 8.24. The fraction of sp³-hybridized carbons (Fsp3) is 0.375. The van der Waals surface area contributed by atoms with E-state index in [1.54, 1.807) is 18.2 Å². The number of carbonyl (C=O) groups excluding carboxylic acids is 1. The van der Waals surface area contributed by atoms with Crippen LogP contribution in [0, 0.1) is 0 Å². The highest BCUT2D eigenvalue weighted by atomic mass is 32.2. The summed E-state index contributed by atoms with van der Waals surface area (Å²) >= 11 is 0. The minimum absolute atomic E-state index is 0.0500. The van der Waals surface area contributed by atoms with Crippen molar-refractivity contribution in [1.82, 2.24) is 9.73 Å². The summed E-state index contributed by atoms with van der Waals surface area (Å²) in [6.45, 7) is 1.76. The van der Waals surface area contributed by atoms with Gasteiger partial charge < -0.3 is 14.6 Å². The molecule has 0 atom stereocenters. The summed E-state index contributed by atoms with van der Waals surface area (Å²) in [5, 5.41) is 13.3. The Morgan fingerprint density at radius 1 is 0.943 bits per heavy atom. The molecule has 4 rings (SSSR count). The van der Waals surface area contributed by atoms with Crippen LogP contribution >= 0.6 is 0 Å². The smallest absolute Gasteiger partial charge is 0.303 e. The van der Waals surface area contributed by atoms with Crippen LogP contribution in [-0.4, -0.2) is 61.7 Å². The maximum Gasteiger partial charge on any atom is 0.303 e. The number of aliphatic carboxylic acids is 1. The highest BCUT2D eigenvalue weighted by Gasteiger charge is 2.26. The molecule has 35 heavy (non-hydrogen) atoms. The number of benzene rings is 2. The van der Waals surface area contributed by atoms with Crippen molar-refractivity contribution in [3.8, 4) is 11.5 Å². The fourth-order valence-electron chi connectivity index (χ4n) is 3.95. The zero-order valence-corrected chi connectivity index (χ0v) is 19.9. The first-order valence-corrected chi connectivity index (χ1v) is 12.9. The minimum Gasteiger partial charge on any atom is -0.486 e. The number of hydrogen-bond donors (Lipinski definition) is 2. The van der Waals surface area contributed by atoms with Crippen LogP contribution in [0.15, 0.2) is 52.5 Å². The van der Waals surface area contributed by atoms with Gasteiger partial charge in [-0.2, -0.15) is 9.41 Å². The van der Waals surface area contributed by atoms with Crippen molar-refractivity contribution < 1.29 is 32.6 Å². The molecule has 11 heteroatoms. The van der Waals surface area contributed by atoms with E-state index in [0.29, 0.717) is 49.1 Å². The lowest BCUT2D eigenvalue weighted by atomic mass is 10.0. The van der Waals surface area contributed by atoms with Crippen molar-refractivity contribution in [2.45, 2.75) is 37.0 Å². The molecule has 2 aliphatic heterocycles. The van der Waals surface area contributed by atoms with E-state index in [9.17, 15) is 18.0 Å². The van der Waals surface area contributed by atoms with Crippen molar-refractivity contribution in [3.05, 3.63) is 53.6 Å². The molecule has 0 spiro atoms. The number of carboxylic acid groups (broad SMARTS) is 1. The zero-order chi connectivity index (χ0) is 24.8. The van der Waals surface area contributed by atoms with E-state index in [1.807, 2.05) is 0 Å². The first-order valence-electron chi connectivity index (χ1n) is 11.4. The molecule has 0 unspecified atom stereocenters. The molecule has 0 saturated carbocycles. The van der Waals surface area contributed by atoms with E-state index in [-0.39, 0.29) is 23.3 Å². The number of piperidine rings is 1. The Morgan fingerprint density at radius 2 is 1.69 bits per heavy atom. The Hall–Kier alpha value is -3.44. The Kier molecular flexibility index (Phi) is 7.67. The predicted octanol–water partition coefficient (Wildman–Crippen LogP) is 2.63. The van der Waals surface area contributed by atoms with Gasteiger partial charge in [0.05, 0.1) is 17.0 Å². The second kappa shape index (κ2) is 10.9. The number of ether oxygens (including phenoxy) is 2. The van der Waals surface area contributed by atoms with Gasteiger partial charge in [0.1, 0.15) is 13.2 Å². The van der Waals surface area contributed by atoms with Crippen LogP contribution in [0.5, 0.6) is 11.5 Å². The lowest BCUT2D eigenvalue weighted by Gasteiger charge is -2.25. The number of fused-ring (bicyclic) bond motifs is 1. The van der Waals surface area contributed by atoms with Gasteiger partial charge in [-0.05, 0) is 49.2 Å². The molecule has 1 fully saturated rings. The fourth-order valence-corrected chi connectivity index (χ4v) is 5.51. The van der Waals surface area contributed by atoms with Crippen LogP contribution in [0.1, 0.15) is 48.0 Å². The third-order valence-electron chi connectivity index (χ3n) is 5.79. The van der Waals surface area contributed by atoms with Crippen LogP contribution in [0.25, 0.3) is 0 Å². The van der Waals surface area contributed by atoms with Gasteiger partial charge in [0.15, 0.2) is 11.5 Å². The maximum absolute atomic E-state index is 13.0. The molecule has 2 aromatic rings. The molecule has 2 N–H and O–H groups in total. The first kappa shape index (κ1) is 24.7. The van der Waals surface area contributed by atoms with Gasteiger partial charge in [-0.15, -0.1) is 0 Å². The van der Waals surface area contributed by atoms with Gasteiger partial charge in [0, 0.05) is 30.6 Å². The van der Waals surface area contributed by atoms with Crippen LogP contribution in [0.4, 0.5) is 0 Å². The lowest BCUT2D eigenvalue weighted by Crippen LogP contribution is -2.35. The summed E-state index contributed by atoms with van der Waals surface area (Å²) in [6.07, 6.45) is 2.51. The first-order chi connectivity index (χ1) is 16.8. The molecule has 186 valence electrons. The summed E-state index contributed by atoms with van der Waals surface area (Å²) in [6, 6.07) is 10.9. The number of nitrogens with one attached hydrogen (secondary N) is 1. The highest BCUT2D eigenvalue weighted by Crippen LogP contribution is 2.31. The molecule has 0 bridgehead atoms. The van der Waals surface area contributed by atoms with Crippen LogP contribution in [0.2, 0.25) is 0 Å². The normalized spacial score (nSPS) is 16.5. The Bertz CT molecular complexity index is 1240. The summed E-state index contributed by atoms with van der Waals surface area (Å²) in [5.41, 5.74) is 3.49. The molecule has 1 saturated heterocycles. The largest absolute Gasteiger partial charge is 0.486 e. The van der Waals surface area contributed by atoms with E-state index in [1.165, 1.54) is 28.6 Å². The van der Waals surface area contributed by atoms with Crippen LogP contribution < -0.4 is 14.9 Å². The maximum atomic E-state index is 13.0. The van der Waals surface area contributed by atoms with Crippen LogP contribution in [-0.2, 0) is 14.8 Å². The van der Waals surface area contributed by atoms with E-state index in [4.69, 9.17) is 14.6 Å². The van der Waals surface area contributed by atoms with Crippen molar-refractivity contribution in [2.75, 3.05) is 26.3 Å². The Balaban J connectivity index is 1.54. The molecule has 2 aliphatic rings. The molecular formula is C24H27N3O7S. The lowest BCUT2D eigenvalue weighted by molar-refractivity contribution is -0.136. The average molecular weight is 502 g/mol. The van der Waals surface area contributed by atoms with Gasteiger partial charge in [0.25, 0.3) is 5.91 Å². The number of nitrogens with zero attached hydrogens (tertiary/aromatic N) is 2. The molecular weight excluding hydrogens is 474 g/mol. The molecule has 1 amide bonds. The number of hydrazone groups is 1. The van der Waals surface area contributed by atoms with Crippen LogP contribution in [0.3, 0.4) is 0 Å². The monoisotopic (exact) mass is 501 g/mol. The van der Waals surface area contributed by atoms with E-state index in [0.717, 1.165) is 19.3 Å². The number of carbonyl (C=O) groups is 2. The van der Waals surface area contributed by atoms with Crippen molar-refractivity contribution in [3.63, 3.8) is 0 Å². The molecule has 0 radical (unpaired) electrons. The quantitative estimate of drug-likeness (QED) is 0.419. The van der Waals surface area contributed by atoms with Gasteiger partial charge in [-0.25, -0.2) is 13.8 Å². The number of hydrogen-bond acceptors (Lipinski definition) is 7. The Labute approximate surface area is 203 Å². The van der Waals surface area contributed by atoms with Gasteiger partial charge in [-0.3, -0.25) is 9.59 Å². The Morgan fingerprint density at radius 3 is 2.43 bits per heavy atom.